The van der Waals surface area contributed by atoms with Crippen LogP contribution >= 0.6 is 0 Å². The molecule has 4 atom stereocenters. The van der Waals surface area contributed by atoms with Crippen LogP contribution in [-0.2, 0) is 19.1 Å². The van der Waals surface area contributed by atoms with Gasteiger partial charge in [-0.3, -0.25) is 9.59 Å². The minimum atomic E-state index is -0.495. The molecule has 4 unspecified atom stereocenters. The van der Waals surface area contributed by atoms with Crippen molar-refractivity contribution in [1.82, 2.24) is 10.6 Å². The second-order valence-corrected chi connectivity index (χ2v) is 9.04. The Labute approximate surface area is 195 Å². The molecule has 0 saturated carbocycles. The fourth-order valence-electron chi connectivity index (χ4n) is 3.47. The lowest BCUT2D eigenvalue weighted by Crippen LogP contribution is -2.41. The van der Waals surface area contributed by atoms with Gasteiger partial charge in [0.2, 0.25) is 5.91 Å². The first-order valence-electron chi connectivity index (χ1n) is 12.6. The molecule has 0 aromatic rings. The summed E-state index contributed by atoms with van der Waals surface area (Å²) in [6, 6.07) is -0.685. The molecular weight excluding hydrogens is 408 g/mol. The molecule has 0 rings (SSSR count). The minimum Gasteiger partial charge on any atom is -0.465 e. The largest absolute Gasteiger partial charge is 0.465 e. The summed E-state index contributed by atoms with van der Waals surface area (Å²) in [5.41, 5.74) is 0. The van der Waals surface area contributed by atoms with Crippen molar-refractivity contribution in [3.63, 3.8) is 0 Å². The highest BCUT2D eigenvalue weighted by atomic mass is 16.5. The fourth-order valence-corrected chi connectivity index (χ4v) is 3.47. The summed E-state index contributed by atoms with van der Waals surface area (Å²) >= 11 is 0. The summed E-state index contributed by atoms with van der Waals surface area (Å²) in [5.74, 6) is 0.256. The zero-order valence-electron chi connectivity index (χ0n) is 21.3. The number of hydrogen-bond donors (Lipinski definition) is 2. The zero-order chi connectivity index (χ0) is 24.4. The van der Waals surface area contributed by atoms with Crippen molar-refractivity contribution >= 4 is 18.0 Å². The van der Waals surface area contributed by atoms with Gasteiger partial charge in [0.05, 0.1) is 19.6 Å². The highest BCUT2D eigenvalue weighted by Crippen LogP contribution is 2.14. The standard InChI is InChI=1S/C25H48N2O5/c1-7-11-13-21(9-3)17-31-24(29)16-20(6)26-23(28)15-19(5)27-25(30)32-18-22(10-4)14-12-8-2/h19-22H,7-18H2,1-6H3,(H,26,28)(H,27,30). The summed E-state index contributed by atoms with van der Waals surface area (Å²) in [6.45, 7) is 12.9. The monoisotopic (exact) mass is 456 g/mol. The minimum absolute atomic E-state index is 0.121. The van der Waals surface area contributed by atoms with E-state index in [1.165, 1.54) is 0 Å². The molecule has 0 aliphatic carbocycles. The lowest BCUT2D eigenvalue weighted by Gasteiger charge is -2.19. The number of alkyl carbamates (subject to hydrolysis) is 1. The molecule has 2 amide bonds. The molecule has 188 valence electrons. The van der Waals surface area contributed by atoms with E-state index in [1.807, 2.05) is 0 Å². The van der Waals surface area contributed by atoms with Crippen molar-refractivity contribution < 1.29 is 23.9 Å². The van der Waals surface area contributed by atoms with E-state index in [0.717, 1.165) is 51.4 Å². The Balaban J connectivity index is 4.15. The molecule has 0 aromatic carbocycles. The molecule has 7 heteroatoms. The first-order chi connectivity index (χ1) is 15.2. The van der Waals surface area contributed by atoms with E-state index in [0.29, 0.717) is 25.0 Å². The van der Waals surface area contributed by atoms with E-state index in [2.05, 4.69) is 38.3 Å². The number of esters is 1. The van der Waals surface area contributed by atoms with E-state index in [9.17, 15) is 14.4 Å². The first-order valence-corrected chi connectivity index (χ1v) is 12.6. The van der Waals surface area contributed by atoms with E-state index >= 15 is 0 Å². The van der Waals surface area contributed by atoms with Crippen molar-refractivity contribution in [3.05, 3.63) is 0 Å². The second-order valence-electron chi connectivity index (χ2n) is 9.04. The first kappa shape index (κ1) is 30.2. The van der Waals surface area contributed by atoms with Gasteiger partial charge in [-0.2, -0.15) is 0 Å². The SMILES string of the molecule is CCCCC(CC)COC(=O)CC(C)NC(=O)CC(C)NC(=O)OCC(CC)CCCC. The number of carbonyl (C=O) groups excluding carboxylic acids is 3. The van der Waals surface area contributed by atoms with Crippen molar-refractivity contribution in [2.75, 3.05) is 13.2 Å². The van der Waals surface area contributed by atoms with Crippen LogP contribution in [0.1, 0.15) is 106 Å². The van der Waals surface area contributed by atoms with E-state index in [1.54, 1.807) is 13.8 Å². The van der Waals surface area contributed by atoms with Gasteiger partial charge < -0.3 is 20.1 Å². The molecule has 32 heavy (non-hydrogen) atoms. The Hall–Kier alpha value is -1.79. The molecular formula is C25H48N2O5. The lowest BCUT2D eigenvalue weighted by molar-refractivity contribution is -0.145. The number of carbonyl (C=O) groups is 3. The molecule has 2 N–H and O–H groups in total. The number of nitrogens with one attached hydrogen (secondary N) is 2. The molecule has 0 spiro atoms. The van der Waals surface area contributed by atoms with E-state index in [4.69, 9.17) is 9.47 Å². The van der Waals surface area contributed by atoms with Crippen LogP contribution in [0.4, 0.5) is 4.79 Å². The number of amides is 2. The quantitative estimate of drug-likeness (QED) is 0.271. The zero-order valence-corrected chi connectivity index (χ0v) is 21.3. The maximum atomic E-state index is 12.2. The summed E-state index contributed by atoms with van der Waals surface area (Å²) in [4.78, 5) is 36.3. The third kappa shape index (κ3) is 15.9. The van der Waals surface area contributed by atoms with Gasteiger partial charge in [0.1, 0.15) is 0 Å². The maximum Gasteiger partial charge on any atom is 0.407 e. The van der Waals surface area contributed by atoms with Crippen LogP contribution < -0.4 is 10.6 Å². The molecule has 7 nitrogen and oxygen atoms in total. The number of rotatable bonds is 18. The topological polar surface area (TPSA) is 93.7 Å². The Kier molecular flexibility index (Phi) is 17.7. The highest BCUT2D eigenvalue weighted by molar-refractivity contribution is 5.79. The van der Waals surface area contributed by atoms with Crippen LogP contribution in [0.15, 0.2) is 0 Å². The third-order valence-corrected chi connectivity index (χ3v) is 5.75. The molecule has 0 aromatic heterocycles. The van der Waals surface area contributed by atoms with Crippen LogP contribution in [0, 0.1) is 11.8 Å². The molecule has 0 aliphatic rings. The van der Waals surface area contributed by atoms with Crippen LogP contribution in [0.25, 0.3) is 0 Å². The molecule has 0 aliphatic heterocycles. The second kappa shape index (κ2) is 18.8. The van der Waals surface area contributed by atoms with Crippen molar-refractivity contribution in [1.29, 1.82) is 0 Å². The number of hydrogen-bond acceptors (Lipinski definition) is 5. The maximum absolute atomic E-state index is 12.2. The number of ether oxygens (including phenoxy) is 2. The van der Waals surface area contributed by atoms with Gasteiger partial charge >= 0.3 is 12.1 Å². The summed E-state index contributed by atoms with van der Waals surface area (Å²) in [5, 5.41) is 5.50. The average Bonchev–Trinajstić information content (AvgIpc) is 2.73. The van der Waals surface area contributed by atoms with Crippen molar-refractivity contribution in [3.8, 4) is 0 Å². The van der Waals surface area contributed by atoms with Crippen LogP contribution in [0.5, 0.6) is 0 Å². The summed E-state index contributed by atoms with van der Waals surface area (Å²) < 4.78 is 10.7. The highest BCUT2D eigenvalue weighted by Gasteiger charge is 2.18. The third-order valence-electron chi connectivity index (χ3n) is 5.75. The predicted molar refractivity (Wildman–Crippen MR) is 128 cm³/mol. The van der Waals surface area contributed by atoms with Crippen molar-refractivity contribution in [2.45, 2.75) is 118 Å². The van der Waals surface area contributed by atoms with Gasteiger partial charge in [0.15, 0.2) is 0 Å². The van der Waals surface area contributed by atoms with Gasteiger partial charge in [-0.25, -0.2) is 4.79 Å². The smallest absolute Gasteiger partial charge is 0.407 e. The normalized spacial score (nSPS) is 14.7. The summed E-state index contributed by atoms with van der Waals surface area (Å²) in [6.07, 6.45) is 8.38. The molecule has 0 bridgehead atoms. The number of unbranched alkanes of at least 4 members (excludes halogenated alkanes) is 2. The Morgan fingerprint density at radius 1 is 0.719 bits per heavy atom. The Morgan fingerprint density at radius 3 is 1.72 bits per heavy atom. The van der Waals surface area contributed by atoms with Gasteiger partial charge in [-0.05, 0) is 38.5 Å². The Morgan fingerprint density at radius 2 is 1.22 bits per heavy atom. The average molecular weight is 457 g/mol. The van der Waals surface area contributed by atoms with Gasteiger partial charge in [0, 0.05) is 18.5 Å². The van der Waals surface area contributed by atoms with Gasteiger partial charge in [0.25, 0.3) is 0 Å². The van der Waals surface area contributed by atoms with E-state index in [-0.39, 0.29) is 36.8 Å². The summed E-state index contributed by atoms with van der Waals surface area (Å²) in [7, 11) is 0. The van der Waals surface area contributed by atoms with E-state index < -0.39 is 6.09 Å². The molecule has 0 heterocycles. The Bertz CT molecular complexity index is 482. The van der Waals surface area contributed by atoms with Crippen LogP contribution in [0.2, 0.25) is 0 Å². The van der Waals surface area contributed by atoms with Gasteiger partial charge in [-0.15, -0.1) is 0 Å². The van der Waals surface area contributed by atoms with Crippen LogP contribution in [0.3, 0.4) is 0 Å². The molecule has 0 fully saturated rings. The molecule has 0 radical (unpaired) electrons. The van der Waals surface area contributed by atoms with Crippen molar-refractivity contribution in [2.24, 2.45) is 11.8 Å². The van der Waals surface area contributed by atoms with Gasteiger partial charge in [-0.1, -0.05) is 66.2 Å². The lowest BCUT2D eigenvalue weighted by atomic mass is 10.0. The fraction of sp³-hybridized carbons (Fsp3) is 0.880. The molecule has 0 saturated heterocycles. The predicted octanol–water partition coefficient (Wildman–Crippen LogP) is 5.36. The van der Waals surface area contributed by atoms with Crippen LogP contribution in [-0.4, -0.2) is 43.3 Å².